The summed E-state index contributed by atoms with van der Waals surface area (Å²) in [6.45, 7) is 4.27. The molecule has 0 aliphatic carbocycles. The fraction of sp³-hybridized carbons (Fsp3) is 0.474. The van der Waals surface area contributed by atoms with E-state index < -0.39 is 11.9 Å². The molecule has 1 saturated heterocycles. The molecule has 0 saturated carbocycles. The Morgan fingerprint density at radius 2 is 2.16 bits per heavy atom. The Bertz CT molecular complexity index is 723. The van der Waals surface area contributed by atoms with Gasteiger partial charge in [-0.1, -0.05) is 12.1 Å². The van der Waals surface area contributed by atoms with E-state index in [1.54, 1.807) is 17.0 Å². The van der Waals surface area contributed by atoms with E-state index in [2.05, 4.69) is 18.2 Å². The summed E-state index contributed by atoms with van der Waals surface area (Å²) in [5.74, 6) is -0.0607. The van der Waals surface area contributed by atoms with Crippen LogP contribution in [0.15, 0.2) is 36.7 Å². The molecule has 1 aliphatic heterocycles. The zero-order valence-electron chi connectivity index (χ0n) is 14.4. The fourth-order valence-electron chi connectivity index (χ4n) is 3.35. The highest BCUT2D eigenvalue weighted by Crippen LogP contribution is 2.28. The molecular weight excluding hydrogens is 321 g/mol. The minimum atomic E-state index is -0.969. The maximum Gasteiger partial charge on any atom is 0.225 e. The lowest BCUT2D eigenvalue weighted by molar-refractivity contribution is -0.134. The summed E-state index contributed by atoms with van der Waals surface area (Å²) >= 11 is 0. The molecule has 1 aliphatic rings. The molecule has 2 heterocycles. The summed E-state index contributed by atoms with van der Waals surface area (Å²) in [6, 6.07) is 5.78. The molecule has 5 nitrogen and oxygen atoms in total. The summed E-state index contributed by atoms with van der Waals surface area (Å²) in [5, 5.41) is 14.5. The molecule has 134 valence electrons. The lowest BCUT2D eigenvalue weighted by atomic mass is 9.91. The maximum absolute atomic E-state index is 13.2. The molecule has 2 aromatic rings. The van der Waals surface area contributed by atoms with Gasteiger partial charge in [0.2, 0.25) is 5.91 Å². The number of aromatic nitrogens is 2. The molecule has 25 heavy (non-hydrogen) atoms. The number of aryl methyl sites for hydroxylation is 1. The average Bonchev–Trinajstić information content (AvgIpc) is 3.11. The van der Waals surface area contributed by atoms with E-state index in [-0.39, 0.29) is 12.3 Å². The van der Waals surface area contributed by atoms with E-state index in [4.69, 9.17) is 0 Å². The summed E-state index contributed by atoms with van der Waals surface area (Å²) in [5.41, 5.74) is 1.67. The molecule has 1 aromatic heterocycles. The van der Waals surface area contributed by atoms with Crippen molar-refractivity contribution in [1.29, 1.82) is 0 Å². The van der Waals surface area contributed by atoms with Crippen molar-refractivity contribution in [1.82, 2.24) is 14.7 Å². The molecule has 6 heteroatoms. The van der Waals surface area contributed by atoms with Crippen LogP contribution in [0.5, 0.6) is 0 Å². The largest absolute Gasteiger partial charge is 0.388 e. The third kappa shape index (κ3) is 4.25. The van der Waals surface area contributed by atoms with Crippen molar-refractivity contribution >= 4 is 5.91 Å². The Morgan fingerprint density at radius 1 is 1.40 bits per heavy atom. The van der Waals surface area contributed by atoms with Crippen LogP contribution in [0, 0.1) is 5.82 Å². The Morgan fingerprint density at radius 3 is 2.80 bits per heavy atom. The van der Waals surface area contributed by atoms with Gasteiger partial charge in [-0.25, -0.2) is 4.39 Å². The fourth-order valence-corrected chi connectivity index (χ4v) is 3.35. The smallest absolute Gasteiger partial charge is 0.225 e. The number of aliphatic hydroxyl groups is 1. The summed E-state index contributed by atoms with van der Waals surface area (Å²) in [7, 11) is 0. The molecule has 0 bridgehead atoms. The first-order chi connectivity index (χ1) is 12.1. The van der Waals surface area contributed by atoms with Gasteiger partial charge in [0.1, 0.15) is 5.82 Å². The minimum absolute atomic E-state index is 0.0120. The first kappa shape index (κ1) is 17.6. The van der Waals surface area contributed by atoms with Crippen LogP contribution in [0.1, 0.15) is 49.3 Å². The van der Waals surface area contributed by atoms with Crippen molar-refractivity contribution in [2.75, 3.05) is 13.1 Å². The highest BCUT2D eigenvalue weighted by molar-refractivity contribution is 5.77. The molecular formula is C19H24FN3O2. The van der Waals surface area contributed by atoms with E-state index in [1.807, 2.05) is 10.9 Å². The molecule has 0 spiro atoms. The van der Waals surface area contributed by atoms with Gasteiger partial charge in [0.05, 0.1) is 18.7 Å². The lowest BCUT2D eigenvalue weighted by Gasteiger charge is -2.32. The van der Waals surface area contributed by atoms with Gasteiger partial charge in [-0.05, 0) is 48.9 Å². The molecule has 3 rings (SSSR count). The number of benzene rings is 1. The van der Waals surface area contributed by atoms with Crippen molar-refractivity contribution in [3.05, 3.63) is 53.6 Å². The number of carbonyl (C=O) groups is 1. The van der Waals surface area contributed by atoms with Crippen molar-refractivity contribution in [2.45, 2.75) is 44.8 Å². The van der Waals surface area contributed by atoms with Gasteiger partial charge in [-0.3, -0.25) is 9.48 Å². The number of nitrogens with zero attached hydrogens (tertiary/aromatic N) is 3. The molecule has 1 atom stereocenters. The van der Waals surface area contributed by atoms with Gasteiger partial charge in [-0.15, -0.1) is 0 Å². The number of amides is 1. The van der Waals surface area contributed by atoms with E-state index in [0.717, 1.165) is 19.4 Å². The van der Waals surface area contributed by atoms with Crippen LogP contribution in [-0.4, -0.2) is 38.8 Å². The predicted molar refractivity (Wildman–Crippen MR) is 92.4 cm³/mol. The molecule has 1 N–H and O–H groups in total. The second-order valence-electron chi connectivity index (χ2n) is 6.56. The van der Waals surface area contributed by atoms with Crippen molar-refractivity contribution in [3.63, 3.8) is 0 Å². The molecule has 1 aromatic carbocycles. The molecule has 1 unspecified atom stereocenters. The van der Waals surface area contributed by atoms with Crippen molar-refractivity contribution in [2.24, 2.45) is 0 Å². The number of hydrogen-bond acceptors (Lipinski definition) is 3. The van der Waals surface area contributed by atoms with Gasteiger partial charge in [-0.2, -0.15) is 5.10 Å². The number of likely N-dealkylation sites (tertiary alicyclic amines) is 1. The number of hydrogen-bond donors (Lipinski definition) is 1. The Kier molecular flexibility index (Phi) is 5.48. The zero-order chi connectivity index (χ0) is 17.8. The minimum Gasteiger partial charge on any atom is -0.388 e. The number of carbonyl (C=O) groups excluding carboxylic acids is 1. The first-order valence-electron chi connectivity index (χ1n) is 8.80. The van der Waals surface area contributed by atoms with Gasteiger partial charge >= 0.3 is 0 Å². The zero-order valence-corrected chi connectivity index (χ0v) is 14.4. The monoisotopic (exact) mass is 345 g/mol. The van der Waals surface area contributed by atoms with Crippen LogP contribution in [0.3, 0.4) is 0 Å². The van der Waals surface area contributed by atoms with E-state index >= 15 is 0 Å². The van der Waals surface area contributed by atoms with Gasteiger partial charge in [0.15, 0.2) is 0 Å². The molecule has 1 fully saturated rings. The SMILES string of the molecule is CCn1cc(C2CCN(C(=O)CC(O)c3cccc(F)c3)CC2)cn1. The number of aliphatic hydroxyl groups excluding tert-OH is 1. The van der Waals surface area contributed by atoms with E-state index in [1.165, 1.54) is 17.7 Å². The van der Waals surface area contributed by atoms with Crippen LogP contribution in [0.25, 0.3) is 0 Å². The third-order valence-electron chi connectivity index (χ3n) is 4.90. The van der Waals surface area contributed by atoms with Crippen LogP contribution in [0.2, 0.25) is 0 Å². The van der Waals surface area contributed by atoms with Gasteiger partial charge in [0, 0.05) is 25.8 Å². The first-order valence-corrected chi connectivity index (χ1v) is 8.80. The summed E-state index contributed by atoms with van der Waals surface area (Å²) in [6.07, 6.45) is 4.81. The molecule has 1 amide bonds. The third-order valence-corrected chi connectivity index (χ3v) is 4.90. The van der Waals surface area contributed by atoms with Crippen molar-refractivity contribution in [3.8, 4) is 0 Å². The van der Waals surface area contributed by atoms with Crippen LogP contribution in [0.4, 0.5) is 4.39 Å². The normalized spacial score (nSPS) is 16.8. The highest BCUT2D eigenvalue weighted by atomic mass is 19.1. The van der Waals surface area contributed by atoms with E-state index in [9.17, 15) is 14.3 Å². The second kappa shape index (κ2) is 7.78. The quantitative estimate of drug-likeness (QED) is 0.906. The number of piperidine rings is 1. The van der Waals surface area contributed by atoms with E-state index in [0.29, 0.717) is 24.6 Å². The van der Waals surface area contributed by atoms with Crippen molar-refractivity contribution < 1.29 is 14.3 Å². The lowest BCUT2D eigenvalue weighted by Crippen LogP contribution is -2.38. The maximum atomic E-state index is 13.2. The summed E-state index contributed by atoms with van der Waals surface area (Å²) < 4.78 is 15.2. The second-order valence-corrected chi connectivity index (χ2v) is 6.56. The number of rotatable bonds is 5. The van der Waals surface area contributed by atoms with Crippen LogP contribution in [-0.2, 0) is 11.3 Å². The van der Waals surface area contributed by atoms with Gasteiger partial charge in [0.25, 0.3) is 0 Å². The highest BCUT2D eigenvalue weighted by Gasteiger charge is 2.26. The topological polar surface area (TPSA) is 58.4 Å². The average molecular weight is 345 g/mol. The standard InChI is InChI=1S/C19H24FN3O2/c1-2-23-13-16(12-21-23)14-6-8-22(9-7-14)19(25)11-18(24)15-4-3-5-17(20)10-15/h3-5,10,12-14,18,24H,2,6-9,11H2,1H3. The Balaban J connectivity index is 1.52. The Labute approximate surface area is 147 Å². The Hall–Kier alpha value is -2.21. The summed E-state index contributed by atoms with van der Waals surface area (Å²) in [4.78, 5) is 14.2. The van der Waals surface area contributed by atoms with Crippen LogP contribution >= 0.6 is 0 Å². The van der Waals surface area contributed by atoms with Gasteiger partial charge < -0.3 is 10.0 Å². The predicted octanol–water partition coefficient (Wildman–Crippen LogP) is 2.87. The van der Waals surface area contributed by atoms with Crippen LogP contribution < -0.4 is 0 Å². The molecule has 0 radical (unpaired) electrons. The number of halogens is 1.